The zero-order valence-electron chi connectivity index (χ0n) is 11.7. The van der Waals surface area contributed by atoms with Crippen LogP contribution in [-0.2, 0) is 17.3 Å². The Morgan fingerprint density at radius 1 is 1.35 bits per heavy atom. The fourth-order valence-electron chi connectivity index (χ4n) is 2.89. The lowest BCUT2D eigenvalue weighted by atomic mass is 9.87. The number of carbonyl (C=O) groups excluding carboxylic acids is 1. The highest BCUT2D eigenvalue weighted by molar-refractivity contribution is 8.00. The summed E-state index contributed by atoms with van der Waals surface area (Å²) in [6.45, 7) is 3.86. The first-order valence-corrected chi connectivity index (χ1v) is 9.54. The van der Waals surface area contributed by atoms with Crippen LogP contribution in [0.3, 0.4) is 0 Å². The Balaban J connectivity index is 2.25. The lowest BCUT2D eigenvalue weighted by Crippen LogP contribution is -2.33. The van der Waals surface area contributed by atoms with Gasteiger partial charge >= 0.3 is 0 Å². The van der Waals surface area contributed by atoms with E-state index in [0.29, 0.717) is 0 Å². The molecule has 0 aliphatic heterocycles. The van der Waals surface area contributed by atoms with Crippen molar-refractivity contribution in [3.8, 4) is 0 Å². The van der Waals surface area contributed by atoms with E-state index in [2.05, 4.69) is 43.4 Å². The van der Waals surface area contributed by atoms with E-state index in [1.165, 1.54) is 21.2 Å². The van der Waals surface area contributed by atoms with E-state index in [9.17, 15) is 4.79 Å². The number of Topliss-reactive ketones (excluding diaryl/α,β-unsaturated/α-hetero) is 1. The van der Waals surface area contributed by atoms with Gasteiger partial charge in [0.2, 0.25) is 5.78 Å². The van der Waals surface area contributed by atoms with E-state index in [-0.39, 0.29) is 21.9 Å². The summed E-state index contributed by atoms with van der Waals surface area (Å²) in [4.78, 5) is 14.0. The highest BCUT2D eigenvalue weighted by Crippen LogP contribution is 2.36. The number of ketones is 1. The zero-order valence-corrected chi connectivity index (χ0v) is 13.3. The minimum atomic E-state index is -0.0685. The molecule has 0 N–H and O–H groups in total. The third-order valence-corrected chi connectivity index (χ3v) is 6.58. The monoisotopic (exact) mass is 301 g/mol. The van der Waals surface area contributed by atoms with E-state index in [0.717, 1.165) is 12.0 Å². The molecule has 2 atom stereocenters. The van der Waals surface area contributed by atoms with Gasteiger partial charge in [0.1, 0.15) is 11.7 Å². The van der Waals surface area contributed by atoms with Crippen LogP contribution in [0.2, 0.25) is 0 Å². The van der Waals surface area contributed by atoms with Crippen molar-refractivity contribution in [2.24, 2.45) is 0 Å². The van der Waals surface area contributed by atoms with Crippen LogP contribution in [0.4, 0.5) is 0 Å². The summed E-state index contributed by atoms with van der Waals surface area (Å²) in [6.07, 6.45) is 5.03. The van der Waals surface area contributed by atoms with Crippen LogP contribution < -0.4 is 0 Å². The normalized spacial score (nSPS) is 19.1. The number of hydrogen-bond donors (Lipinski definition) is 0. The first kappa shape index (κ1) is 13.8. The molecule has 2 aromatic carbocycles. The van der Waals surface area contributed by atoms with E-state index in [4.69, 9.17) is 0 Å². The highest BCUT2D eigenvalue weighted by atomic mass is 32.2. The Morgan fingerprint density at radius 2 is 2.15 bits per heavy atom. The molecule has 3 rings (SSSR count). The summed E-state index contributed by atoms with van der Waals surface area (Å²) in [6, 6.07) is 10.5. The molecule has 102 valence electrons. The maximum Gasteiger partial charge on any atom is 0.216 e. The predicted octanol–water partition coefficient (Wildman–Crippen LogP) is 4.06. The Morgan fingerprint density at radius 3 is 2.85 bits per heavy atom. The van der Waals surface area contributed by atoms with Crippen molar-refractivity contribution in [2.75, 3.05) is 12.5 Å². The summed E-state index contributed by atoms with van der Waals surface area (Å²) >= 11 is 1.74. The van der Waals surface area contributed by atoms with E-state index < -0.39 is 0 Å². The van der Waals surface area contributed by atoms with Gasteiger partial charge in [-0.25, -0.2) is 0 Å². The fourth-order valence-corrected chi connectivity index (χ4v) is 4.62. The standard InChI is InChI=1S/C17H17OS2/c1-4-20(3)15-10-11-6-5-7-12-14(19-2)9-8-13(16(11)12)17(15)18/h4-9,15H,1,10H2,2-3H3/q+1. The molecule has 3 heteroatoms. The SMILES string of the molecule is C=C[S+](C)C1Cc2cccc3c(SC)ccc(c23)C1=O. The number of rotatable bonds is 3. The Kier molecular flexibility index (Phi) is 3.65. The summed E-state index contributed by atoms with van der Waals surface area (Å²) in [5.41, 5.74) is 2.20. The smallest absolute Gasteiger partial charge is 0.216 e. The summed E-state index contributed by atoms with van der Waals surface area (Å²) < 4.78 is 0. The third kappa shape index (κ3) is 2.00. The van der Waals surface area contributed by atoms with Gasteiger partial charge in [-0.3, -0.25) is 4.79 Å². The van der Waals surface area contributed by atoms with Crippen LogP contribution in [0.25, 0.3) is 10.8 Å². The van der Waals surface area contributed by atoms with Crippen molar-refractivity contribution in [1.29, 1.82) is 0 Å². The minimum absolute atomic E-state index is 0.0609. The van der Waals surface area contributed by atoms with Gasteiger partial charge in [-0.05, 0) is 34.7 Å². The van der Waals surface area contributed by atoms with Crippen molar-refractivity contribution >= 4 is 39.2 Å². The predicted molar refractivity (Wildman–Crippen MR) is 91.0 cm³/mol. The molecule has 2 unspecified atom stereocenters. The lowest BCUT2D eigenvalue weighted by molar-refractivity contribution is 0.0987. The van der Waals surface area contributed by atoms with Crippen molar-refractivity contribution in [3.63, 3.8) is 0 Å². The molecule has 20 heavy (non-hydrogen) atoms. The summed E-state index contributed by atoms with van der Waals surface area (Å²) in [5.74, 6) is 0.284. The topological polar surface area (TPSA) is 17.1 Å². The number of thioether (sulfide) groups is 1. The van der Waals surface area contributed by atoms with Gasteiger partial charge in [0, 0.05) is 27.8 Å². The largest absolute Gasteiger partial charge is 0.288 e. The van der Waals surface area contributed by atoms with Gasteiger partial charge in [0.15, 0.2) is 5.25 Å². The van der Waals surface area contributed by atoms with Crippen molar-refractivity contribution in [1.82, 2.24) is 0 Å². The van der Waals surface area contributed by atoms with Crippen LogP contribution in [0.15, 0.2) is 47.2 Å². The third-order valence-electron chi connectivity index (χ3n) is 3.98. The van der Waals surface area contributed by atoms with E-state index in [1.807, 2.05) is 11.5 Å². The molecule has 0 saturated heterocycles. The second-order valence-electron chi connectivity index (χ2n) is 4.99. The first-order valence-electron chi connectivity index (χ1n) is 6.56. The Labute approximate surface area is 126 Å². The van der Waals surface area contributed by atoms with E-state index >= 15 is 0 Å². The quantitative estimate of drug-likeness (QED) is 0.628. The van der Waals surface area contributed by atoms with Crippen LogP contribution in [0, 0.1) is 0 Å². The number of carbonyl (C=O) groups is 1. The van der Waals surface area contributed by atoms with Gasteiger partial charge in [-0.15, -0.1) is 11.8 Å². The Bertz CT molecular complexity index is 705. The molecule has 0 spiro atoms. The molecule has 0 saturated carbocycles. The fraction of sp³-hybridized carbons (Fsp3) is 0.235. The summed E-state index contributed by atoms with van der Waals surface area (Å²) in [5, 5.41) is 4.37. The second kappa shape index (κ2) is 5.30. The zero-order chi connectivity index (χ0) is 14.3. The van der Waals surface area contributed by atoms with E-state index in [1.54, 1.807) is 11.8 Å². The van der Waals surface area contributed by atoms with Crippen LogP contribution >= 0.6 is 11.8 Å². The first-order chi connectivity index (χ1) is 9.67. The van der Waals surface area contributed by atoms with Crippen LogP contribution in [0.5, 0.6) is 0 Å². The molecule has 2 aromatic rings. The molecule has 1 nitrogen and oxygen atoms in total. The molecule has 0 fully saturated rings. The average molecular weight is 301 g/mol. The number of benzene rings is 2. The molecular formula is C17H17OS2+. The number of hydrogen-bond acceptors (Lipinski definition) is 2. The minimum Gasteiger partial charge on any atom is -0.288 e. The lowest BCUT2D eigenvalue weighted by Gasteiger charge is -2.22. The van der Waals surface area contributed by atoms with Crippen molar-refractivity contribution < 1.29 is 4.79 Å². The molecule has 1 aliphatic rings. The maximum absolute atomic E-state index is 12.8. The van der Waals surface area contributed by atoms with Crippen molar-refractivity contribution in [2.45, 2.75) is 16.6 Å². The van der Waals surface area contributed by atoms with Gasteiger partial charge in [0.05, 0.1) is 0 Å². The molecule has 0 amide bonds. The molecule has 0 radical (unpaired) electrons. The van der Waals surface area contributed by atoms with Gasteiger partial charge in [-0.1, -0.05) is 24.8 Å². The molecule has 0 aromatic heterocycles. The molecular weight excluding hydrogens is 284 g/mol. The van der Waals surface area contributed by atoms with Gasteiger partial charge in [-0.2, -0.15) is 0 Å². The van der Waals surface area contributed by atoms with Gasteiger partial charge < -0.3 is 0 Å². The average Bonchev–Trinajstić information content (AvgIpc) is 2.49. The maximum atomic E-state index is 12.8. The highest BCUT2D eigenvalue weighted by Gasteiger charge is 2.37. The van der Waals surface area contributed by atoms with Gasteiger partial charge in [0.25, 0.3) is 0 Å². The Hall–Kier alpha value is -1.19. The summed E-state index contributed by atoms with van der Waals surface area (Å²) in [7, 11) is -0.0685. The molecule has 0 heterocycles. The molecule has 1 aliphatic carbocycles. The second-order valence-corrected chi connectivity index (χ2v) is 7.95. The van der Waals surface area contributed by atoms with Crippen LogP contribution in [-0.4, -0.2) is 23.5 Å². The molecule has 0 bridgehead atoms. The van der Waals surface area contributed by atoms with Crippen molar-refractivity contribution in [3.05, 3.63) is 53.4 Å². The van der Waals surface area contributed by atoms with Crippen LogP contribution in [0.1, 0.15) is 15.9 Å².